The molecule has 1 unspecified atom stereocenters. The van der Waals surface area contributed by atoms with Gasteiger partial charge in [0, 0.05) is 25.4 Å². The quantitative estimate of drug-likeness (QED) is 0.663. The van der Waals surface area contributed by atoms with E-state index in [4.69, 9.17) is 4.74 Å². The molecule has 1 atom stereocenters. The number of unbranched alkanes of at least 4 members (excludes halogenated alkanes) is 1. The number of halogens is 1. The second-order valence-corrected chi connectivity index (χ2v) is 10.4. The highest BCUT2D eigenvalue weighted by Crippen LogP contribution is 2.29. The first kappa shape index (κ1) is 22.2. The molecule has 2 heterocycles. The third-order valence-corrected chi connectivity index (χ3v) is 7.46. The van der Waals surface area contributed by atoms with Crippen LogP contribution < -0.4 is 14.5 Å². The number of nitrogens with one attached hydrogen (secondary N) is 1. The van der Waals surface area contributed by atoms with Crippen molar-refractivity contribution in [1.29, 1.82) is 0 Å². The van der Waals surface area contributed by atoms with E-state index in [-0.39, 0.29) is 24.7 Å². The van der Waals surface area contributed by atoms with E-state index in [9.17, 15) is 17.6 Å². The van der Waals surface area contributed by atoms with Gasteiger partial charge in [0.1, 0.15) is 11.9 Å². The van der Waals surface area contributed by atoms with Crippen molar-refractivity contribution in [2.45, 2.75) is 32.3 Å². The van der Waals surface area contributed by atoms with Crippen LogP contribution in [-0.4, -0.2) is 64.1 Å². The monoisotopic (exact) mass is 445 g/mol. The van der Waals surface area contributed by atoms with E-state index in [0.29, 0.717) is 17.8 Å². The zero-order valence-electron chi connectivity index (χ0n) is 16.6. The van der Waals surface area contributed by atoms with Gasteiger partial charge < -0.3 is 9.64 Å². The highest BCUT2D eigenvalue weighted by molar-refractivity contribution is 7.99. The van der Waals surface area contributed by atoms with Gasteiger partial charge in [-0.15, -0.1) is 0 Å². The van der Waals surface area contributed by atoms with E-state index >= 15 is 0 Å². The summed E-state index contributed by atoms with van der Waals surface area (Å²) < 4.78 is 46.3. The number of amides is 1. The number of cyclic esters (lactones) is 1. The molecular weight excluding hydrogens is 417 g/mol. The fourth-order valence-corrected chi connectivity index (χ4v) is 5.51. The van der Waals surface area contributed by atoms with Crippen molar-refractivity contribution in [3.8, 4) is 0 Å². The lowest BCUT2D eigenvalue weighted by Crippen LogP contribution is -2.35. The van der Waals surface area contributed by atoms with Crippen molar-refractivity contribution in [2.24, 2.45) is 0 Å². The molecule has 0 radical (unpaired) electrons. The van der Waals surface area contributed by atoms with Crippen molar-refractivity contribution < 1.29 is 22.3 Å². The van der Waals surface area contributed by atoms with Crippen molar-refractivity contribution in [2.75, 3.05) is 53.2 Å². The van der Waals surface area contributed by atoms with Crippen LogP contribution in [0.15, 0.2) is 18.2 Å². The van der Waals surface area contributed by atoms with Gasteiger partial charge in [0.2, 0.25) is 10.0 Å². The van der Waals surface area contributed by atoms with Crippen LogP contribution in [0.1, 0.15) is 26.2 Å². The first-order chi connectivity index (χ1) is 13.9. The summed E-state index contributed by atoms with van der Waals surface area (Å²) in [5.74, 6) is 1.73. The third-order valence-electron chi connectivity index (χ3n) is 4.98. The normalized spacial score (nSPS) is 20.6. The second-order valence-electron chi connectivity index (χ2n) is 7.23. The lowest BCUT2D eigenvalue weighted by atomic mass is 10.2. The lowest BCUT2D eigenvalue weighted by Gasteiger charge is -2.24. The van der Waals surface area contributed by atoms with Gasteiger partial charge in [-0.05, 0) is 36.8 Å². The maximum atomic E-state index is 14.7. The molecule has 1 amide bonds. The Morgan fingerprint density at radius 2 is 2.14 bits per heavy atom. The number of sulfonamides is 1. The molecule has 0 saturated carbocycles. The number of carbonyl (C=O) groups excluding carboxylic acids is 1. The van der Waals surface area contributed by atoms with Gasteiger partial charge in [0.25, 0.3) is 0 Å². The van der Waals surface area contributed by atoms with E-state index in [1.165, 1.54) is 11.0 Å². The minimum absolute atomic E-state index is 0.0142. The third kappa shape index (κ3) is 5.99. The maximum absolute atomic E-state index is 14.7. The van der Waals surface area contributed by atoms with Gasteiger partial charge in [0.15, 0.2) is 0 Å². The van der Waals surface area contributed by atoms with Crippen LogP contribution in [0, 0.1) is 5.82 Å². The zero-order chi connectivity index (χ0) is 20.9. The summed E-state index contributed by atoms with van der Waals surface area (Å²) in [6, 6.07) is 4.77. The molecule has 2 aliphatic heterocycles. The minimum Gasteiger partial charge on any atom is -0.443 e. The topological polar surface area (TPSA) is 79.0 Å². The molecule has 1 aromatic carbocycles. The van der Waals surface area contributed by atoms with E-state index in [0.717, 1.165) is 37.4 Å². The van der Waals surface area contributed by atoms with Gasteiger partial charge in [-0.2, -0.15) is 11.8 Å². The van der Waals surface area contributed by atoms with Crippen LogP contribution in [0.25, 0.3) is 0 Å². The van der Waals surface area contributed by atoms with Crippen molar-refractivity contribution in [1.82, 2.24) is 4.72 Å². The minimum atomic E-state index is -3.39. The SMILES string of the molecule is CCCCS(=O)(=O)NCC1CN(c2ccc(N3CCCSCC3)c(F)c2)C(=O)O1. The van der Waals surface area contributed by atoms with Gasteiger partial charge in [-0.1, -0.05) is 13.3 Å². The molecule has 1 N–H and O–H groups in total. The Morgan fingerprint density at radius 1 is 1.31 bits per heavy atom. The van der Waals surface area contributed by atoms with E-state index in [2.05, 4.69) is 4.72 Å². The Hall–Kier alpha value is -1.52. The maximum Gasteiger partial charge on any atom is 0.414 e. The van der Waals surface area contributed by atoms with E-state index in [1.807, 2.05) is 23.6 Å². The fraction of sp³-hybridized carbons (Fsp3) is 0.632. The van der Waals surface area contributed by atoms with Crippen LogP contribution in [0.4, 0.5) is 20.6 Å². The van der Waals surface area contributed by atoms with Gasteiger partial charge in [-0.3, -0.25) is 4.90 Å². The number of hydrogen-bond donors (Lipinski definition) is 1. The van der Waals surface area contributed by atoms with Crippen LogP contribution >= 0.6 is 11.8 Å². The van der Waals surface area contributed by atoms with Gasteiger partial charge in [0.05, 0.1) is 23.7 Å². The molecule has 1 aromatic rings. The Balaban J connectivity index is 1.62. The molecule has 0 aliphatic carbocycles. The first-order valence-corrected chi connectivity index (χ1v) is 12.8. The number of anilines is 2. The summed E-state index contributed by atoms with van der Waals surface area (Å²) in [6.07, 6.45) is 1.17. The number of carbonyl (C=O) groups is 1. The summed E-state index contributed by atoms with van der Waals surface area (Å²) in [6.45, 7) is 3.72. The molecule has 162 valence electrons. The highest BCUT2D eigenvalue weighted by atomic mass is 32.2. The lowest BCUT2D eigenvalue weighted by molar-refractivity contribution is 0.143. The molecule has 0 bridgehead atoms. The number of ether oxygens (including phenoxy) is 1. The predicted molar refractivity (Wildman–Crippen MR) is 115 cm³/mol. The Kier molecular flexibility index (Phi) is 7.64. The standard InChI is InChI=1S/C19H28FN3O4S2/c1-2-3-11-29(25,26)21-13-16-14-23(19(24)27-16)15-5-6-18(17(20)12-15)22-7-4-9-28-10-8-22/h5-6,12,16,21H,2-4,7-11,13-14H2,1H3. The number of thioether (sulfide) groups is 1. The molecule has 2 aliphatic rings. The molecule has 2 fully saturated rings. The smallest absolute Gasteiger partial charge is 0.414 e. The number of nitrogens with zero attached hydrogens (tertiary/aromatic N) is 2. The van der Waals surface area contributed by atoms with Crippen LogP contribution in [-0.2, 0) is 14.8 Å². The highest BCUT2D eigenvalue weighted by Gasteiger charge is 2.33. The average Bonchev–Trinajstić information content (AvgIpc) is 2.88. The summed E-state index contributed by atoms with van der Waals surface area (Å²) in [5.41, 5.74) is 0.959. The summed E-state index contributed by atoms with van der Waals surface area (Å²) in [7, 11) is -3.39. The van der Waals surface area contributed by atoms with E-state index in [1.54, 1.807) is 12.1 Å². The van der Waals surface area contributed by atoms with Crippen molar-refractivity contribution in [3.63, 3.8) is 0 Å². The molecule has 0 aromatic heterocycles. The molecule has 2 saturated heterocycles. The second kappa shape index (κ2) is 9.99. The van der Waals surface area contributed by atoms with Crippen LogP contribution in [0.2, 0.25) is 0 Å². The fourth-order valence-electron chi connectivity index (χ4n) is 3.37. The predicted octanol–water partition coefficient (Wildman–Crippen LogP) is 2.81. The summed E-state index contributed by atoms with van der Waals surface area (Å²) in [5, 5.41) is 0. The molecule has 0 spiro atoms. The average molecular weight is 446 g/mol. The number of benzene rings is 1. The molecule has 7 nitrogen and oxygen atoms in total. The molecular formula is C19H28FN3O4S2. The Labute approximate surface area is 176 Å². The van der Waals surface area contributed by atoms with Crippen LogP contribution in [0.5, 0.6) is 0 Å². The number of rotatable bonds is 8. The Bertz CT molecular complexity index is 814. The van der Waals surface area contributed by atoms with Crippen molar-refractivity contribution in [3.05, 3.63) is 24.0 Å². The summed E-state index contributed by atoms with van der Waals surface area (Å²) >= 11 is 1.87. The largest absolute Gasteiger partial charge is 0.443 e. The molecule has 10 heteroatoms. The Morgan fingerprint density at radius 3 is 2.90 bits per heavy atom. The van der Waals surface area contributed by atoms with Gasteiger partial charge >= 0.3 is 6.09 Å². The van der Waals surface area contributed by atoms with Crippen molar-refractivity contribution >= 4 is 39.3 Å². The van der Waals surface area contributed by atoms with Gasteiger partial charge in [-0.25, -0.2) is 22.3 Å². The zero-order valence-corrected chi connectivity index (χ0v) is 18.2. The first-order valence-electron chi connectivity index (χ1n) is 9.97. The molecule has 29 heavy (non-hydrogen) atoms. The van der Waals surface area contributed by atoms with E-state index < -0.39 is 22.2 Å². The number of hydrogen-bond acceptors (Lipinski definition) is 6. The van der Waals surface area contributed by atoms with Crippen LogP contribution in [0.3, 0.4) is 0 Å². The molecule has 3 rings (SSSR count). The summed E-state index contributed by atoms with van der Waals surface area (Å²) in [4.78, 5) is 15.6.